The van der Waals surface area contributed by atoms with Gasteiger partial charge in [0.2, 0.25) is 11.5 Å². The largest absolute Gasteiger partial charge is 0.493 e. The first-order valence-corrected chi connectivity index (χ1v) is 18.1. The van der Waals surface area contributed by atoms with Crippen LogP contribution in [0, 0.1) is 0 Å². The number of carbonyl (C=O) groups excluding carboxylic acids is 4. The van der Waals surface area contributed by atoms with E-state index >= 15 is 0 Å². The number of benzene rings is 2. The van der Waals surface area contributed by atoms with Crippen molar-refractivity contribution in [3.8, 4) is 57.0 Å². The molecule has 2 aromatic heterocycles. The summed E-state index contributed by atoms with van der Waals surface area (Å²) in [5.74, 6) is -7.42. The van der Waals surface area contributed by atoms with E-state index in [9.17, 15) is 19.2 Å². The van der Waals surface area contributed by atoms with Crippen LogP contribution in [0.15, 0.2) is 79.3 Å². The summed E-state index contributed by atoms with van der Waals surface area (Å²) < 4.78 is 57.0. The lowest BCUT2D eigenvalue weighted by Crippen LogP contribution is -2.80. The number of fused-ring (bicyclic) bond motifs is 1. The molecule has 2 spiro atoms. The number of aromatic nitrogens is 3. The molecule has 0 radical (unpaired) electrons. The van der Waals surface area contributed by atoms with Gasteiger partial charge in [-0.3, -0.25) is 4.98 Å². The van der Waals surface area contributed by atoms with Crippen LogP contribution in [0.5, 0.6) is 34.5 Å². The minimum absolute atomic E-state index is 0.0164. The van der Waals surface area contributed by atoms with E-state index in [1.165, 1.54) is 58.8 Å². The Morgan fingerprint density at radius 1 is 0.533 bits per heavy atom. The molecule has 312 valence electrons. The summed E-state index contributed by atoms with van der Waals surface area (Å²) in [6.45, 7) is -0.396. The Balaban J connectivity index is 1.31. The first kappa shape index (κ1) is 40.9. The minimum Gasteiger partial charge on any atom is -0.493 e. The Kier molecular flexibility index (Phi) is 11.5. The van der Waals surface area contributed by atoms with Gasteiger partial charge in [-0.1, -0.05) is 0 Å². The zero-order valence-electron chi connectivity index (χ0n) is 33.3. The van der Waals surface area contributed by atoms with Gasteiger partial charge in [-0.25, -0.2) is 38.9 Å². The maximum absolute atomic E-state index is 13.4. The number of methoxy groups -OCH3 is 6. The molecule has 7 rings (SSSR count). The molecule has 5 heterocycles. The van der Waals surface area contributed by atoms with Crippen molar-refractivity contribution in [1.29, 1.82) is 0 Å². The third-order valence-electron chi connectivity index (χ3n) is 9.73. The Morgan fingerprint density at radius 3 is 1.37 bits per heavy atom. The third-order valence-corrected chi connectivity index (χ3v) is 9.73. The topological polar surface area (TPSA) is 206 Å². The number of hydrogen-bond acceptors (Lipinski definition) is 19. The Bertz CT molecular complexity index is 2150. The lowest BCUT2D eigenvalue weighted by molar-refractivity contribution is -0.466. The Hall–Kier alpha value is -7.25. The lowest BCUT2D eigenvalue weighted by Gasteiger charge is -2.55. The summed E-state index contributed by atoms with van der Waals surface area (Å²) >= 11 is 0. The fourth-order valence-electron chi connectivity index (χ4n) is 7.06. The number of ether oxygens (including phenoxy) is 10. The maximum atomic E-state index is 13.4. The van der Waals surface area contributed by atoms with Crippen molar-refractivity contribution < 1.29 is 66.5 Å². The van der Waals surface area contributed by atoms with Gasteiger partial charge in [-0.2, -0.15) is 0 Å². The first-order valence-electron chi connectivity index (χ1n) is 18.1. The summed E-state index contributed by atoms with van der Waals surface area (Å²) in [5, 5.41) is 0. The number of nitrogens with zero attached hydrogens (tertiary/aromatic N) is 5. The van der Waals surface area contributed by atoms with Crippen LogP contribution in [0.3, 0.4) is 0 Å². The summed E-state index contributed by atoms with van der Waals surface area (Å²) in [4.78, 5) is 69.9. The predicted octanol–water partition coefficient (Wildman–Crippen LogP) is 3.20. The summed E-state index contributed by atoms with van der Waals surface area (Å²) in [7, 11) is 8.93. The zero-order chi connectivity index (χ0) is 42.6. The molecule has 60 heavy (non-hydrogen) atoms. The molecule has 3 aliphatic rings. The molecule has 0 N–H and O–H groups in total. The van der Waals surface area contributed by atoms with Gasteiger partial charge in [0.15, 0.2) is 23.0 Å². The highest BCUT2D eigenvalue weighted by molar-refractivity contribution is 5.95. The van der Waals surface area contributed by atoms with Crippen molar-refractivity contribution in [2.75, 3.05) is 55.7 Å². The van der Waals surface area contributed by atoms with Gasteiger partial charge in [-0.15, -0.1) is 0 Å². The molecule has 2 aromatic carbocycles. The molecular formula is C41H39N5O14. The summed E-state index contributed by atoms with van der Waals surface area (Å²) in [6, 6.07) is 11.9. The van der Waals surface area contributed by atoms with Crippen LogP contribution in [0.2, 0.25) is 0 Å². The molecule has 0 aliphatic carbocycles. The Morgan fingerprint density at radius 2 is 0.950 bits per heavy atom. The number of esters is 4. The van der Waals surface area contributed by atoms with Crippen molar-refractivity contribution in [2.45, 2.75) is 24.9 Å². The van der Waals surface area contributed by atoms with Crippen LogP contribution >= 0.6 is 0 Å². The van der Waals surface area contributed by atoms with E-state index in [4.69, 9.17) is 47.4 Å². The number of rotatable bonds is 12. The molecular weight excluding hydrogens is 786 g/mol. The fraction of sp³-hybridized carbons (Fsp3) is 0.293. The molecule has 19 heteroatoms. The average molecular weight is 826 g/mol. The van der Waals surface area contributed by atoms with Crippen molar-refractivity contribution >= 4 is 23.9 Å². The molecule has 3 aliphatic heterocycles. The Labute approximate surface area is 342 Å². The molecule has 1 saturated heterocycles. The van der Waals surface area contributed by atoms with Crippen LogP contribution in [-0.2, 0) is 51.2 Å². The minimum atomic E-state index is -2.75. The SMILES string of the molecule is COc1cc(-c2cc(CN3CCN(Cc4cc(-c5cc(OC)c(OC)c(OC)c5)ncn4)C4(OC(=O)C=CC(=O)O4)C34OC(=O)C=CC(=O)O4)ccn2)cc(OC)c1OC. The first-order chi connectivity index (χ1) is 29.0. The van der Waals surface area contributed by atoms with Gasteiger partial charge in [0.25, 0.3) is 0 Å². The van der Waals surface area contributed by atoms with Gasteiger partial charge in [-0.05, 0) is 48.0 Å². The normalized spacial score (nSPS) is 17.2. The fourth-order valence-corrected chi connectivity index (χ4v) is 7.06. The smallest absolute Gasteiger partial charge is 0.420 e. The highest BCUT2D eigenvalue weighted by Gasteiger charge is 2.74. The number of pyridine rings is 1. The molecule has 0 unspecified atom stereocenters. The van der Waals surface area contributed by atoms with Crippen molar-refractivity contribution in [3.05, 3.63) is 90.6 Å². The summed E-state index contributed by atoms with van der Waals surface area (Å²) in [6.07, 6.45) is 6.26. The maximum Gasteiger partial charge on any atom is 0.420 e. The van der Waals surface area contributed by atoms with Crippen LogP contribution in [-0.4, -0.2) is 116 Å². The van der Waals surface area contributed by atoms with Gasteiger partial charge in [0, 0.05) is 67.8 Å². The quantitative estimate of drug-likeness (QED) is 0.188. The molecule has 0 saturated carbocycles. The van der Waals surface area contributed by atoms with E-state index < -0.39 is 35.7 Å². The zero-order valence-corrected chi connectivity index (χ0v) is 33.3. The second-order valence-corrected chi connectivity index (χ2v) is 13.1. The number of hydrogen-bond donors (Lipinski definition) is 0. The van der Waals surface area contributed by atoms with Crippen molar-refractivity contribution in [2.24, 2.45) is 0 Å². The monoisotopic (exact) mass is 825 g/mol. The van der Waals surface area contributed by atoms with Crippen LogP contribution in [0.4, 0.5) is 0 Å². The van der Waals surface area contributed by atoms with Crippen LogP contribution in [0.25, 0.3) is 22.5 Å². The van der Waals surface area contributed by atoms with Crippen molar-refractivity contribution in [3.63, 3.8) is 0 Å². The highest BCUT2D eigenvalue weighted by atomic mass is 16.8. The van der Waals surface area contributed by atoms with Gasteiger partial charge < -0.3 is 47.4 Å². The van der Waals surface area contributed by atoms with E-state index in [-0.39, 0.29) is 26.2 Å². The average Bonchev–Trinajstić information content (AvgIpc) is 3.52. The number of carbonyl (C=O) groups is 4. The van der Waals surface area contributed by atoms with E-state index in [0.29, 0.717) is 68.3 Å². The number of piperazine rings is 1. The second kappa shape index (κ2) is 16.9. The van der Waals surface area contributed by atoms with Crippen LogP contribution in [0.1, 0.15) is 11.3 Å². The molecule has 4 aromatic rings. The lowest BCUT2D eigenvalue weighted by atomic mass is 10.1. The van der Waals surface area contributed by atoms with E-state index in [1.807, 2.05) is 0 Å². The third kappa shape index (κ3) is 7.58. The molecule has 0 bridgehead atoms. The van der Waals surface area contributed by atoms with E-state index in [1.54, 1.807) is 48.7 Å². The standard InChI is InChI=1S/C41H39N5O14/c1-51-30-16-25(17-31(52-2)38(30)55-5)28-15-24(11-12-42-28)21-45-13-14-46(22-27-20-29(44-23-43-27)26-18-32(53-3)39(56-6)33(19-26)54-4)41(59-36(49)9-10-37(50)60-41)40(45)57-34(47)7-8-35(48)58-40/h7-12,15-20,23H,13-14,21-22H2,1-6H3. The molecule has 0 amide bonds. The second-order valence-electron chi connectivity index (χ2n) is 13.1. The van der Waals surface area contributed by atoms with E-state index in [0.717, 1.165) is 24.3 Å². The van der Waals surface area contributed by atoms with E-state index in [2.05, 4.69) is 15.0 Å². The molecule has 0 atom stereocenters. The van der Waals surface area contributed by atoms with Crippen LogP contribution < -0.4 is 28.4 Å². The summed E-state index contributed by atoms with van der Waals surface area (Å²) in [5.41, 5.74) is 2.98. The predicted molar refractivity (Wildman–Crippen MR) is 205 cm³/mol. The highest BCUT2D eigenvalue weighted by Crippen LogP contribution is 2.47. The van der Waals surface area contributed by atoms with Crippen molar-refractivity contribution in [1.82, 2.24) is 24.8 Å². The molecule has 19 nitrogen and oxygen atoms in total. The van der Waals surface area contributed by atoms with Gasteiger partial charge >= 0.3 is 35.7 Å². The molecule has 1 fully saturated rings. The van der Waals surface area contributed by atoms with Gasteiger partial charge in [0.1, 0.15) is 6.33 Å². The van der Waals surface area contributed by atoms with Gasteiger partial charge in [0.05, 0.1) is 59.7 Å².